The summed E-state index contributed by atoms with van der Waals surface area (Å²) >= 11 is 0. The van der Waals surface area contributed by atoms with E-state index in [0.29, 0.717) is 6.61 Å². The molecule has 5 heteroatoms. The van der Waals surface area contributed by atoms with E-state index in [1.165, 1.54) is 6.07 Å². The molecule has 0 saturated carbocycles. The molecule has 0 spiro atoms. The molecule has 3 nitrogen and oxygen atoms in total. The van der Waals surface area contributed by atoms with Crippen molar-refractivity contribution in [2.45, 2.75) is 72.7 Å². The molecule has 1 aliphatic rings. The van der Waals surface area contributed by atoms with Crippen molar-refractivity contribution in [3.8, 4) is 5.75 Å². The van der Waals surface area contributed by atoms with Crippen LogP contribution in [0.25, 0.3) is 0 Å². The van der Waals surface area contributed by atoms with Gasteiger partial charge in [-0.3, -0.25) is 0 Å². The molecule has 0 N–H and O–H groups in total. The third-order valence-corrected chi connectivity index (χ3v) is 5.32. The number of benzene rings is 2. The molecular weight excluding hydrogens is 354 g/mol. The molecule has 28 heavy (non-hydrogen) atoms. The maximum Gasteiger partial charge on any atom is 0.495 e. The predicted octanol–water partition coefficient (Wildman–Crippen LogP) is 5.29. The summed E-state index contributed by atoms with van der Waals surface area (Å²) in [6.07, 6.45) is 0.737. The number of rotatable bonds is 5. The molecule has 1 aliphatic heterocycles. The summed E-state index contributed by atoms with van der Waals surface area (Å²) < 4.78 is 32.6. The molecule has 152 valence electrons. The van der Waals surface area contributed by atoms with Crippen LogP contribution in [0.5, 0.6) is 5.75 Å². The molecule has 2 aromatic carbocycles. The van der Waals surface area contributed by atoms with Crippen molar-refractivity contribution in [2.75, 3.05) is 0 Å². The monoisotopic (exact) mass is 386 g/mol. The van der Waals surface area contributed by atoms with E-state index in [2.05, 4.69) is 0 Å². The van der Waals surface area contributed by atoms with Crippen molar-refractivity contribution in [2.24, 2.45) is 0 Å². The Hall–Kier alpha value is -1.85. The summed E-state index contributed by atoms with van der Waals surface area (Å²) in [5.41, 5.74) is 1.78. The number of ether oxygens (including phenoxy) is 1. The maximum absolute atomic E-state index is 14.7. The van der Waals surface area contributed by atoms with Crippen LogP contribution in [0, 0.1) is 5.82 Å². The maximum atomic E-state index is 14.7. The van der Waals surface area contributed by atoms with Crippen LogP contribution in [-0.4, -0.2) is 18.3 Å². The zero-order chi connectivity index (χ0) is 20.9. The van der Waals surface area contributed by atoms with Crippen LogP contribution in [0.4, 0.5) is 4.39 Å². The van der Waals surface area contributed by atoms with E-state index in [9.17, 15) is 4.39 Å². The zero-order valence-corrected chi connectivity index (χ0v) is 18.1. The van der Waals surface area contributed by atoms with Crippen LogP contribution < -0.4 is 10.2 Å². The lowest BCUT2D eigenvalue weighted by molar-refractivity contribution is 0.00578. The van der Waals surface area contributed by atoms with E-state index in [1.54, 1.807) is 6.07 Å². The first-order valence-electron chi connectivity index (χ1n) is 10.1. The Labute approximate surface area is 169 Å². The van der Waals surface area contributed by atoms with E-state index in [-0.39, 0.29) is 5.75 Å². The van der Waals surface area contributed by atoms with Gasteiger partial charge < -0.3 is 14.0 Å². The molecule has 3 rings (SSSR count). The van der Waals surface area contributed by atoms with E-state index in [1.807, 2.05) is 78.8 Å². The van der Waals surface area contributed by atoms with Gasteiger partial charge >= 0.3 is 7.12 Å². The van der Waals surface area contributed by atoms with Crippen LogP contribution in [0.1, 0.15) is 59.6 Å². The van der Waals surface area contributed by atoms with Gasteiger partial charge in [-0.15, -0.1) is 0 Å². The van der Waals surface area contributed by atoms with Crippen molar-refractivity contribution in [3.63, 3.8) is 0 Å². The van der Waals surface area contributed by atoms with Gasteiger partial charge in [0.1, 0.15) is 6.61 Å². The molecule has 0 aromatic heterocycles. The van der Waals surface area contributed by atoms with Crippen LogP contribution in [0.3, 0.4) is 0 Å². The summed E-state index contributed by atoms with van der Waals surface area (Å²) in [5.74, 6) is -0.145. The van der Waals surface area contributed by atoms with Gasteiger partial charge in [-0.1, -0.05) is 51.1 Å². The number of hydrogen-bond acceptors (Lipinski definition) is 3. The van der Waals surface area contributed by atoms with Gasteiger partial charge in [0.2, 0.25) is 0 Å². The van der Waals surface area contributed by atoms with E-state index in [4.69, 9.17) is 14.0 Å². The first-order chi connectivity index (χ1) is 13.2. The molecule has 1 heterocycles. The summed E-state index contributed by atoms with van der Waals surface area (Å²) in [6.45, 7) is 14.3. The second-order valence-corrected chi connectivity index (χ2v) is 7.70. The minimum absolute atomic E-state index is 0.256. The lowest BCUT2D eigenvalue weighted by Gasteiger charge is -2.32. The fraction of sp³-hybridized carbons (Fsp3) is 0.478. The highest BCUT2D eigenvalue weighted by Crippen LogP contribution is 2.37. The molecule has 0 amide bonds. The fourth-order valence-electron chi connectivity index (χ4n) is 2.95. The van der Waals surface area contributed by atoms with Crippen molar-refractivity contribution >= 4 is 12.6 Å². The number of halogens is 1. The molecule has 0 unspecified atom stereocenters. The fourth-order valence-corrected chi connectivity index (χ4v) is 2.95. The molecule has 1 saturated heterocycles. The van der Waals surface area contributed by atoms with E-state index >= 15 is 0 Å². The highest BCUT2D eigenvalue weighted by molar-refractivity contribution is 6.62. The standard InChI is InChI=1S/C21H26BFO3.C2H6/c1-6-16-12-19(24-14-15-10-8-7-9-11-15)18(23)13-17(16)22-25-20(2,3)21(4,5)26-22;1-2/h7-13H,6,14H2,1-5H3;1-2H3. The van der Waals surface area contributed by atoms with Crippen molar-refractivity contribution in [3.05, 3.63) is 59.4 Å². The van der Waals surface area contributed by atoms with Crippen LogP contribution in [0.15, 0.2) is 42.5 Å². The van der Waals surface area contributed by atoms with Gasteiger partial charge in [-0.05, 0) is 62.8 Å². The van der Waals surface area contributed by atoms with Gasteiger partial charge in [0.05, 0.1) is 11.2 Å². The van der Waals surface area contributed by atoms with Gasteiger partial charge in [-0.2, -0.15) is 0 Å². The van der Waals surface area contributed by atoms with Gasteiger partial charge in [0.15, 0.2) is 11.6 Å². The van der Waals surface area contributed by atoms with E-state index in [0.717, 1.165) is 23.0 Å². The first kappa shape index (κ1) is 22.4. The second kappa shape index (κ2) is 9.10. The van der Waals surface area contributed by atoms with E-state index < -0.39 is 24.1 Å². The molecule has 0 atom stereocenters. The van der Waals surface area contributed by atoms with Gasteiger partial charge in [0, 0.05) is 0 Å². The van der Waals surface area contributed by atoms with Gasteiger partial charge in [0.25, 0.3) is 0 Å². The Kier molecular flexibility index (Phi) is 7.30. The highest BCUT2D eigenvalue weighted by atomic mass is 19.1. The SMILES string of the molecule is CC.CCc1cc(OCc2ccccc2)c(F)cc1B1OC(C)(C)C(C)(C)O1. The average molecular weight is 386 g/mol. The first-order valence-corrected chi connectivity index (χ1v) is 10.1. The molecule has 0 radical (unpaired) electrons. The summed E-state index contributed by atoms with van der Waals surface area (Å²) in [4.78, 5) is 0. The van der Waals surface area contributed by atoms with Crippen molar-refractivity contribution < 1.29 is 18.4 Å². The Bertz CT molecular complexity index is 759. The Morgan fingerprint density at radius 3 is 2.07 bits per heavy atom. The lowest BCUT2D eigenvalue weighted by atomic mass is 9.75. The topological polar surface area (TPSA) is 27.7 Å². The Balaban J connectivity index is 0.00000136. The highest BCUT2D eigenvalue weighted by Gasteiger charge is 2.52. The summed E-state index contributed by atoms with van der Waals surface area (Å²) in [6, 6.07) is 13.0. The molecular formula is C23H32BFO3. The second-order valence-electron chi connectivity index (χ2n) is 7.70. The summed E-state index contributed by atoms with van der Waals surface area (Å²) in [5, 5.41) is 0. The third-order valence-electron chi connectivity index (χ3n) is 5.32. The lowest BCUT2D eigenvalue weighted by Crippen LogP contribution is -2.41. The smallest absolute Gasteiger partial charge is 0.486 e. The van der Waals surface area contributed by atoms with Crippen LogP contribution in [-0.2, 0) is 22.3 Å². The van der Waals surface area contributed by atoms with Crippen molar-refractivity contribution in [1.82, 2.24) is 0 Å². The Morgan fingerprint density at radius 1 is 0.964 bits per heavy atom. The quantitative estimate of drug-likeness (QED) is 0.654. The molecule has 0 aliphatic carbocycles. The van der Waals surface area contributed by atoms with Crippen molar-refractivity contribution in [1.29, 1.82) is 0 Å². The number of hydrogen-bond donors (Lipinski definition) is 0. The molecule has 2 aromatic rings. The largest absolute Gasteiger partial charge is 0.495 e. The minimum atomic E-state index is -0.576. The normalized spacial score (nSPS) is 17.1. The molecule has 1 fully saturated rings. The average Bonchev–Trinajstić information content (AvgIpc) is 2.90. The Morgan fingerprint density at radius 2 is 1.54 bits per heavy atom. The van der Waals surface area contributed by atoms with Crippen LogP contribution in [0.2, 0.25) is 0 Å². The molecule has 0 bridgehead atoms. The number of aryl methyl sites for hydroxylation is 1. The minimum Gasteiger partial charge on any atom is -0.486 e. The predicted molar refractivity (Wildman–Crippen MR) is 114 cm³/mol. The third kappa shape index (κ3) is 4.76. The zero-order valence-electron chi connectivity index (χ0n) is 18.1. The summed E-state index contributed by atoms with van der Waals surface area (Å²) in [7, 11) is -0.576. The van der Waals surface area contributed by atoms with Gasteiger partial charge in [-0.25, -0.2) is 4.39 Å². The van der Waals surface area contributed by atoms with Crippen LogP contribution >= 0.6 is 0 Å².